The molecule has 0 N–H and O–H groups in total. The molecule has 0 saturated heterocycles. The predicted molar refractivity (Wildman–Crippen MR) is 239 cm³/mol. The zero-order valence-electron chi connectivity index (χ0n) is 32.6. The lowest BCUT2D eigenvalue weighted by Crippen LogP contribution is -2.16. The summed E-state index contributed by atoms with van der Waals surface area (Å²) >= 11 is 0. The number of anilines is 3. The molecule has 0 spiro atoms. The molecule has 2 heteroatoms. The summed E-state index contributed by atoms with van der Waals surface area (Å²) < 4.78 is 2.36. The van der Waals surface area contributed by atoms with E-state index >= 15 is 0 Å². The first kappa shape index (κ1) is 35.1. The van der Waals surface area contributed by atoms with Gasteiger partial charge in [-0.25, -0.2) is 0 Å². The number of allylic oxidation sites excluding steroid dienone is 4. The Morgan fingerprint density at radius 3 is 1.84 bits per heavy atom. The van der Waals surface area contributed by atoms with E-state index in [1.165, 1.54) is 66.9 Å². The molecule has 8 aromatic rings. The molecule has 9 rings (SSSR count). The standard InChI is InChI=1S/C54H46N2/c1-5-17-38(18-6-2)39-26-30-43(31-27-39)56(45-34-35-47-46-23-13-14-24-48(46)54(3,4)49(47)37-45)44-32-28-42(29-33-44)53-52(41-21-11-8-12-22-41)51(40-19-9-7-10-20-40)50-25-15-16-36-55(50)53/h5,7-37H,6H2,1-4H3/b17-5-,38-18+. The number of pyridine rings is 1. The van der Waals surface area contributed by atoms with E-state index in [0.717, 1.165) is 29.0 Å². The van der Waals surface area contributed by atoms with Crippen LogP contribution in [0.5, 0.6) is 0 Å². The van der Waals surface area contributed by atoms with Gasteiger partial charge in [-0.1, -0.05) is 160 Å². The van der Waals surface area contributed by atoms with Gasteiger partial charge in [0.25, 0.3) is 0 Å². The predicted octanol–water partition coefficient (Wildman–Crippen LogP) is 15.1. The van der Waals surface area contributed by atoms with Crippen molar-refractivity contribution in [2.24, 2.45) is 0 Å². The van der Waals surface area contributed by atoms with Crippen LogP contribution in [0.1, 0.15) is 50.8 Å². The van der Waals surface area contributed by atoms with Crippen molar-refractivity contribution in [3.05, 3.63) is 211 Å². The highest BCUT2D eigenvalue weighted by molar-refractivity contribution is 6.03. The summed E-state index contributed by atoms with van der Waals surface area (Å²) in [5, 5.41) is 0. The average molecular weight is 723 g/mol. The summed E-state index contributed by atoms with van der Waals surface area (Å²) in [6, 6.07) is 62.3. The molecular weight excluding hydrogens is 677 g/mol. The van der Waals surface area contributed by atoms with Gasteiger partial charge in [-0.05, 0) is 112 Å². The number of rotatable bonds is 9. The Labute approximate surface area is 331 Å². The van der Waals surface area contributed by atoms with Gasteiger partial charge >= 0.3 is 0 Å². The molecule has 0 fully saturated rings. The fraction of sp³-hybridized carbons (Fsp3) is 0.111. The maximum Gasteiger partial charge on any atom is 0.0613 e. The van der Waals surface area contributed by atoms with Crippen molar-refractivity contribution in [1.29, 1.82) is 0 Å². The molecule has 272 valence electrons. The van der Waals surface area contributed by atoms with Crippen LogP contribution < -0.4 is 4.90 Å². The Hall–Kier alpha value is -6.64. The minimum absolute atomic E-state index is 0.103. The summed E-state index contributed by atoms with van der Waals surface area (Å²) in [6.45, 7) is 8.99. The molecule has 2 aromatic heterocycles. The molecule has 2 heterocycles. The van der Waals surface area contributed by atoms with Crippen molar-refractivity contribution >= 4 is 28.2 Å². The highest BCUT2D eigenvalue weighted by atomic mass is 15.1. The molecule has 0 unspecified atom stereocenters. The molecule has 0 saturated carbocycles. The number of aromatic nitrogens is 1. The number of benzene rings is 6. The Morgan fingerprint density at radius 1 is 0.571 bits per heavy atom. The van der Waals surface area contributed by atoms with Crippen molar-refractivity contribution < 1.29 is 0 Å². The second-order valence-corrected chi connectivity index (χ2v) is 15.2. The maximum absolute atomic E-state index is 2.42. The van der Waals surface area contributed by atoms with Crippen molar-refractivity contribution in [3.63, 3.8) is 0 Å². The molecule has 0 amide bonds. The Balaban J connectivity index is 1.21. The Bertz CT molecular complexity index is 2730. The zero-order chi connectivity index (χ0) is 38.2. The number of hydrogen-bond donors (Lipinski definition) is 0. The van der Waals surface area contributed by atoms with Gasteiger partial charge in [0.1, 0.15) is 0 Å². The van der Waals surface area contributed by atoms with Crippen LogP contribution >= 0.6 is 0 Å². The van der Waals surface area contributed by atoms with E-state index in [1.807, 2.05) is 0 Å². The molecule has 56 heavy (non-hydrogen) atoms. The molecule has 0 aliphatic heterocycles. The minimum Gasteiger partial charge on any atom is -0.315 e. The van der Waals surface area contributed by atoms with E-state index in [0.29, 0.717) is 0 Å². The van der Waals surface area contributed by atoms with Gasteiger partial charge in [-0.15, -0.1) is 0 Å². The minimum atomic E-state index is -0.103. The molecular formula is C54H46N2. The SMILES string of the molecule is C/C=C\C(=C/CC)c1ccc(N(c2ccc(-c3c(-c4ccccc4)c(-c4ccccc4)c4ccccn34)cc2)c2ccc3c(c2)C(C)(C)c2ccccc2-3)cc1. The van der Waals surface area contributed by atoms with E-state index < -0.39 is 0 Å². The van der Waals surface area contributed by atoms with Crippen molar-refractivity contribution in [1.82, 2.24) is 4.40 Å². The van der Waals surface area contributed by atoms with E-state index in [2.05, 4.69) is 231 Å². The summed E-state index contributed by atoms with van der Waals surface area (Å²) in [6.07, 6.45) is 9.80. The van der Waals surface area contributed by atoms with Crippen LogP contribution in [0.25, 0.3) is 55.7 Å². The molecule has 6 aromatic carbocycles. The topological polar surface area (TPSA) is 7.65 Å². The Morgan fingerprint density at radius 2 is 1.16 bits per heavy atom. The fourth-order valence-corrected chi connectivity index (χ4v) is 8.81. The first-order valence-electron chi connectivity index (χ1n) is 19.8. The van der Waals surface area contributed by atoms with Crippen LogP contribution in [-0.4, -0.2) is 4.40 Å². The average Bonchev–Trinajstić information content (AvgIpc) is 3.71. The third kappa shape index (κ3) is 5.99. The van der Waals surface area contributed by atoms with Gasteiger partial charge in [0, 0.05) is 39.8 Å². The first-order chi connectivity index (χ1) is 27.5. The van der Waals surface area contributed by atoms with Crippen LogP contribution in [0.4, 0.5) is 17.1 Å². The highest BCUT2D eigenvalue weighted by Crippen LogP contribution is 2.51. The largest absolute Gasteiger partial charge is 0.315 e. The summed E-state index contributed by atoms with van der Waals surface area (Å²) in [7, 11) is 0. The maximum atomic E-state index is 2.42. The molecule has 1 aliphatic rings. The van der Waals surface area contributed by atoms with E-state index in [-0.39, 0.29) is 5.41 Å². The summed E-state index contributed by atoms with van der Waals surface area (Å²) in [4.78, 5) is 2.41. The van der Waals surface area contributed by atoms with E-state index in [4.69, 9.17) is 0 Å². The van der Waals surface area contributed by atoms with Crippen LogP contribution in [0, 0.1) is 0 Å². The molecule has 0 bridgehead atoms. The second-order valence-electron chi connectivity index (χ2n) is 15.2. The van der Waals surface area contributed by atoms with Crippen molar-refractivity contribution in [2.75, 3.05) is 4.90 Å². The van der Waals surface area contributed by atoms with Crippen LogP contribution in [0.2, 0.25) is 0 Å². The molecule has 2 nitrogen and oxygen atoms in total. The van der Waals surface area contributed by atoms with Gasteiger partial charge in [0.2, 0.25) is 0 Å². The number of nitrogens with zero attached hydrogens (tertiary/aromatic N) is 2. The van der Waals surface area contributed by atoms with Gasteiger partial charge in [0.05, 0.1) is 11.2 Å². The summed E-state index contributed by atoms with van der Waals surface area (Å²) in [5.41, 5.74) is 19.6. The zero-order valence-corrected chi connectivity index (χ0v) is 32.6. The van der Waals surface area contributed by atoms with Gasteiger partial charge in [0.15, 0.2) is 0 Å². The van der Waals surface area contributed by atoms with E-state index in [1.54, 1.807) is 0 Å². The van der Waals surface area contributed by atoms with Crippen LogP contribution in [-0.2, 0) is 5.41 Å². The van der Waals surface area contributed by atoms with E-state index in [9.17, 15) is 0 Å². The quantitative estimate of drug-likeness (QED) is 0.135. The lowest BCUT2D eigenvalue weighted by Gasteiger charge is -2.28. The molecule has 0 radical (unpaired) electrons. The smallest absolute Gasteiger partial charge is 0.0613 e. The number of fused-ring (bicyclic) bond motifs is 4. The van der Waals surface area contributed by atoms with Gasteiger partial charge in [-0.2, -0.15) is 0 Å². The lowest BCUT2D eigenvalue weighted by molar-refractivity contribution is 0.660. The second kappa shape index (κ2) is 14.5. The van der Waals surface area contributed by atoms with Crippen LogP contribution in [0.3, 0.4) is 0 Å². The van der Waals surface area contributed by atoms with Gasteiger partial charge < -0.3 is 9.30 Å². The van der Waals surface area contributed by atoms with Crippen molar-refractivity contribution in [2.45, 2.75) is 39.5 Å². The monoisotopic (exact) mass is 722 g/mol. The van der Waals surface area contributed by atoms with Crippen molar-refractivity contribution in [3.8, 4) is 44.6 Å². The third-order valence-corrected chi connectivity index (χ3v) is 11.4. The number of hydrogen-bond acceptors (Lipinski definition) is 1. The fourth-order valence-electron chi connectivity index (χ4n) is 8.81. The molecule has 1 aliphatic carbocycles. The van der Waals surface area contributed by atoms with Crippen LogP contribution in [0.15, 0.2) is 194 Å². The lowest BCUT2D eigenvalue weighted by atomic mass is 9.82. The Kier molecular flexibility index (Phi) is 9.11. The summed E-state index contributed by atoms with van der Waals surface area (Å²) in [5.74, 6) is 0. The normalized spacial score (nSPS) is 13.2. The third-order valence-electron chi connectivity index (χ3n) is 11.4. The first-order valence-corrected chi connectivity index (χ1v) is 19.8. The highest BCUT2D eigenvalue weighted by Gasteiger charge is 2.35. The molecule has 0 atom stereocenters. The van der Waals surface area contributed by atoms with Gasteiger partial charge in [-0.3, -0.25) is 0 Å².